The largest absolute Gasteiger partial charge is 0.487 e. The minimum atomic E-state index is -0.991. The second kappa shape index (κ2) is 6.78. The summed E-state index contributed by atoms with van der Waals surface area (Å²) < 4.78 is 11.8. The molecule has 1 aromatic carbocycles. The van der Waals surface area contributed by atoms with Gasteiger partial charge in [0.25, 0.3) is 0 Å². The first-order chi connectivity index (χ1) is 10.7. The van der Waals surface area contributed by atoms with Gasteiger partial charge in [0.15, 0.2) is 0 Å². The number of benzene rings is 1. The van der Waals surface area contributed by atoms with Crippen LogP contribution in [-0.2, 0) is 4.74 Å². The number of carbonyl (C=O) groups excluding carboxylic acids is 1. The van der Waals surface area contributed by atoms with Gasteiger partial charge in [-0.1, -0.05) is 0 Å². The Hall–Kier alpha value is -1.76. The molecule has 7 heteroatoms. The van der Waals surface area contributed by atoms with E-state index in [1.807, 2.05) is 20.8 Å². The van der Waals surface area contributed by atoms with Crippen LogP contribution in [0.25, 0.3) is 0 Å². The minimum absolute atomic E-state index is 0.144. The molecule has 1 heterocycles. The molecule has 0 radical (unpaired) electrons. The van der Waals surface area contributed by atoms with E-state index in [1.54, 1.807) is 11.0 Å². The van der Waals surface area contributed by atoms with Gasteiger partial charge in [0.1, 0.15) is 17.5 Å². The number of nitrogens with zero attached hydrogens (tertiary/aromatic N) is 1. The van der Waals surface area contributed by atoms with E-state index in [-0.39, 0.29) is 17.8 Å². The Morgan fingerprint density at radius 2 is 2.04 bits per heavy atom. The molecule has 1 amide bonds. The third-order valence-electron chi connectivity index (χ3n) is 3.27. The molecular formula is C16H20BrNO5. The van der Waals surface area contributed by atoms with E-state index >= 15 is 0 Å². The standard InChI is InChI=1S/C16H20BrNO5/c1-16(2,3)23-15(21)18-7-6-11(9-18)22-13-5-4-10(14(19)20)8-12(13)17/h4-5,8,11H,6-7,9H2,1-3H3,(H,19,20)/t11-/m0/s1. The van der Waals surface area contributed by atoms with Gasteiger partial charge in [0.05, 0.1) is 16.6 Å². The van der Waals surface area contributed by atoms with Crippen molar-refractivity contribution < 1.29 is 24.2 Å². The van der Waals surface area contributed by atoms with Crippen LogP contribution in [0.15, 0.2) is 22.7 Å². The molecule has 1 aliphatic rings. The van der Waals surface area contributed by atoms with Gasteiger partial charge in [-0.15, -0.1) is 0 Å². The van der Waals surface area contributed by atoms with Crippen LogP contribution in [0, 0.1) is 0 Å². The number of carbonyl (C=O) groups is 2. The van der Waals surface area contributed by atoms with Crippen LogP contribution in [-0.4, -0.2) is 46.9 Å². The van der Waals surface area contributed by atoms with E-state index in [2.05, 4.69) is 15.9 Å². The number of aromatic carboxylic acids is 1. The van der Waals surface area contributed by atoms with Crippen LogP contribution in [0.5, 0.6) is 5.75 Å². The predicted octanol–water partition coefficient (Wildman–Crippen LogP) is 3.54. The first-order valence-corrected chi connectivity index (χ1v) is 8.12. The molecule has 0 bridgehead atoms. The van der Waals surface area contributed by atoms with E-state index in [4.69, 9.17) is 14.6 Å². The Morgan fingerprint density at radius 1 is 1.35 bits per heavy atom. The summed E-state index contributed by atoms with van der Waals surface area (Å²) in [6.07, 6.45) is 0.213. The molecule has 2 rings (SSSR count). The molecule has 6 nitrogen and oxygen atoms in total. The van der Waals surface area contributed by atoms with E-state index in [1.165, 1.54) is 12.1 Å². The highest BCUT2D eigenvalue weighted by molar-refractivity contribution is 9.10. The van der Waals surface area contributed by atoms with Crippen LogP contribution in [0.1, 0.15) is 37.6 Å². The fourth-order valence-corrected chi connectivity index (χ4v) is 2.70. The smallest absolute Gasteiger partial charge is 0.410 e. The third-order valence-corrected chi connectivity index (χ3v) is 3.89. The molecule has 1 aliphatic heterocycles. The molecule has 1 atom stereocenters. The Bertz CT molecular complexity index is 611. The quantitative estimate of drug-likeness (QED) is 0.860. The van der Waals surface area contributed by atoms with Crippen molar-refractivity contribution in [1.82, 2.24) is 4.90 Å². The van der Waals surface area contributed by atoms with Crippen LogP contribution < -0.4 is 4.74 Å². The normalized spacial score (nSPS) is 17.9. The fraction of sp³-hybridized carbons (Fsp3) is 0.500. The number of carboxylic acids is 1. The molecule has 0 unspecified atom stereocenters. The van der Waals surface area contributed by atoms with Gasteiger partial charge in [0.2, 0.25) is 0 Å². The van der Waals surface area contributed by atoms with Crippen LogP contribution in [0.3, 0.4) is 0 Å². The first kappa shape index (κ1) is 17.6. The lowest BCUT2D eigenvalue weighted by Crippen LogP contribution is -2.36. The summed E-state index contributed by atoms with van der Waals surface area (Å²) >= 11 is 3.31. The Balaban J connectivity index is 1.96. The predicted molar refractivity (Wildman–Crippen MR) is 87.9 cm³/mol. The van der Waals surface area contributed by atoms with E-state index < -0.39 is 11.6 Å². The van der Waals surface area contributed by atoms with E-state index in [9.17, 15) is 9.59 Å². The number of likely N-dealkylation sites (tertiary alicyclic amines) is 1. The highest BCUT2D eigenvalue weighted by Crippen LogP contribution is 2.29. The summed E-state index contributed by atoms with van der Waals surface area (Å²) in [5.74, 6) is -0.430. The van der Waals surface area contributed by atoms with Crippen molar-refractivity contribution in [3.8, 4) is 5.75 Å². The van der Waals surface area contributed by atoms with Crippen molar-refractivity contribution in [1.29, 1.82) is 0 Å². The van der Waals surface area contributed by atoms with Crippen LogP contribution in [0.4, 0.5) is 4.79 Å². The summed E-state index contributed by atoms with van der Waals surface area (Å²) in [5.41, 5.74) is -0.336. The topological polar surface area (TPSA) is 76.1 Å². The summed E-state index contributed by atoms with van der Waals surface area (Å²) in [7, 11) is 0. The fourth-order valence-electron chi connectivity index (χ4n) is 2.23. The lowest BCUT2D eigenvalue weighted by molar-refractivity contribution is 0.0275. The number of hydrogen-bond donors (Lipinski definition) is 1. The first-order valence-electron chi connectivity index (χ1n) is 7.33. The molecule has 126 valence electrons. The number of amides is 1. The van der Waals surface area contributed by atoms with Gasteiger partial charge in [-0.2, -0.15) is 0 Å². The monoisotopic (exact) mass is 385 g/mol. The molecule has 23 heavy (non-hydrogen) atoms. The lowest BCUT2D eigenvalue weighted by atomic mass is 10.2. The molecule has 1 saturated heterocycles. The molecule has 0 aromatic heterocycles. The number of rotatable bonds is 3. The maximum absolute atomic E-state index is 12.0. The van der Waals surface area contributed by atoms with Crippen molar-refractivity contribution in [2.75, 3.05) is 13.1 Å². The zero-order valence-corrected chi connectivity index (χ0v) is 14.9. The van der Waals surface area contributed by atoms with E-state index in [0.717, 1.165) is 0 Å². The summed E-state index contributed by atoms with van der Waals surface area (Å²) in [6, 6.07) is 4.60. The zero-order valence-electron chi connectivity index (χ0n) is 13.3. The highest BCUT2D eigenvalue weighted by Gasteiger charge is 2.31. The van der Waals surface area contributed by atoms with Crippen molar-refractivity contribution in [2.24, 2.45) is 0 Å². The molecule has 0 aliphatic carbocycles. The van der Waals surface area contributed by atoms with Gasteiger partial charge >= 0.3 is 12.1 Å². The van der Waals surface area contributed by atoms with Gasteiger partial charge in [-0.3, -0.25) is 0 Å². The number of halogens is 1. The Morgan fingerprint density at radius 3 is 2.61 bits per heavy atom. The summed E-state index contributed by atoms with van der Waals surface area (Å²) in [5, 5.41) is 8.95. The minimum Gasteiger partial charge on any atom is -0.487 e. The maximum atomic E-state index is 12.0. The third kappa shape index (κ3) is 4.86. The van der Waals surface area contributed by atoms with E-state index in [0.29, 0.717) is 29.7 Å². The average molecular weight is 386 g/mol. The van der Waals surface area contributed by atoms with Gasteiger partial charge < -0.3 is 19.5 Å². The molecule has 0 spiro atoms. The lowest BCUT2D eigenvalue weighted by Gasteiger charge is -2.24. The Kier molecular flexibility index (Phi) is 5.19. The van der Waals surface area contributed by atoms with Crippen molar-refractivity contribution in [2.45, 2.75) is 38.9 Å². The maximum Gasteiger partial charge on any atom is 0.410 e. The van der Waals surface area contributed by atoms with Crippen LogP contribution in [0.2, 0.25) is 0 Å². The molecule has 1 aromatic rings. The van der Waals surface area contributed by atoms with Crippen molar-refractivity contribution in [3.63, 3.8) is 0 Å². The van der Waals surface area contributed by atoms with Gasteiger partial charge in [-0.25, -0.2) is 9.59 Å². The van der Waals surface area contributed by atoms with Gasteiger partial charge in [0, 0.05) is 13.0 Å². The Labute approximate surface area is 143 Å². The zero-order chi connectivity index (χ0) is 17.2. The summed E-state index contributed by atoms with van der Waals surface area (Å²) in [6.45, 7) is 6.51. The number of carboxylic acid groups (broad SMARTS) is 1. The summed E-state index contributed by atoms with van der Waals surface area (Å²) in [4.78, 5) is 24.6. The molecule has 1 N–H and O–H groups in total. The molecular weight excluding hydrogens is 366 g/mol. The van der Waals surface area contributed by atoms with Crippen LogP contribution >= 0.6 is 15.9 Å². The van der Waals surface area contributed by atoms with Crippen molar-refractivity contribution in [3.05, 3.63) is 28.2 Å². The number of ether oxygens (including phenoxy) is 2. The van der Waals surface area contributed by atoms with Crippen molar-refractivity contribution >= 4 is 28.0 Å². The SMILES string of the molecule is CC(C)(C)OC(=O)N1CC[C@H](Oc2ccc(C(=O)O)cc2Br)C1. The average Bonchev–Trinajstić information content (AvgIpc) is 2.87. The number of hydrogen-bond acceptors (Lipinski definition) is 4. The van der Waals surface area contributed by atoms with Gasteiger partial charge in [-0.05, 0) is 54.9 Å². The molecule has 1 fully saturated rings. The molecule has 0 saturated carbocycles. The second-order valence-electron chi connectivity index (χ2n) is 6.41. The second-order valence-corrected chi connectivity index (χ2v) is 7.26. The highest BCUT2D eigenvalue weighted by atomic mass is 79.9.